The van der Waals surface area contributed by atoms with Gasteiger partial charge in [-0.3, -0.25) is 0 Å². The van der Waals surface area contributed by atoms with Gasteiger partial charge in [0, 0.05) is 13.2 Å². The molecule has 1 fully saturated rings. The molecule has 2 nitrogen and oxygen atoms in total. The highest BCUT2D eigenvalue weighted by atomic mass is 16.5. The summed E-state index contributed by atoms with van der Waals surface area (Å²) in [6.45, 7) is 2.20. The van der Waals surface area contributed by atoms with Gasteiger partial charge in [-0.2, -0.15) is 0 Å². The minimum atomic E-state index is 0.406. The predicted molar refractivity (Wildman–Crippen MR) is 55.6 cm³/mol. The van der Waals surface area contributed by atoms with Gasteiger partial charge in [0.05, 0.1) is 6.10 Å². The van der Waals surface area contributed by atoms with Gasteiger partial charge in [0.2, 0.25) is 0 Å². The maximum atomic E-state index is 6.12. The zero-order chi connectivity index (χ0) is 9.68. The maximum absolute atomic E-state index is 6.12. The zero-order valence-electron chi connectivity index (χ0n) is 8.96. The molecular weight excluding hydrogens is 162 g/mol. The van der Waals surface area contributed by atoms with E-state index in [4.69, 9.17) is 10.5 Å². The molecule has 1 aliphatic rings. The van der Waals surface area contributed by atoms with E-state index in [1.165, 1.54) is 38.5 Å². The highest BCUT2D eigenvalue weighted by molar-refractivity contribution is 4.80. The Morgan fingerprint density at radius 3 is 2.85 bits per heavy atom. The van der Waals surface area contributed by atoms with Crippen LogP contribution in [0.2, 0.25) is 0 Å². The van der Waals surface area contributed by atoms with Crippen molar-refractivity contribution in [3.05, 3.63) is 0 Å². The molecule has 13 heavy (non-hydrogen) atoms. The van der Waals surface area contributed by atoms with Crippen LogP contribution >= 0.6 is 0 Å². The lowest BCUT2D eigenvalue weighted by atomic mass is 9.81. The number of methoxy groups -OCH3 is 1. The standard InChI is InChI=1S/C11H23NO/c1-3-5-11(12)9-6-4-7-10(8-9)13-2/h9-11H,3-8,12H2,1-2H3. The second kappa shape index (κ2) is 5.61. The molecule has 0 aliphatic heterocycles. The van der Waals surface area contributed by atoms with E-state index in [-0.39, 0.29) is 0 Å². The molecule has 1 aliphatic carbocycles. The second-order valence-electron chi connectivity index (χ2n) is 4.24. The van der Waals surface area contributed by atoms with E-state index in [9.17, 15) is 0 Å². The Labute approximate surface area is 81.8 Å². The third kappa shape index (κ3) is 3.28. The van der Waals surface area contributed by atoms with Crippen LogP contribution in [0.4, 0.5) is 0 Å². The van der Waals surface area contributed by atoms with Gasteiger partial charge < -0.3 is 10.5 Å². The number of hydrogen-bond acceptors (Lipinski definition) is 2. The Bertz CT molecular complexity index is 138. The van der Waals surface area contributed by atoms with Crippen molar-refractivity contribution in [2.75, 3.05) is 7.11 Å². The molecule has 0 radical (unpaired) electrons. The smallest absolute Gasteiger partial charge is 0.0574 e. The molecule has 2 heteroatoms. The van der Waals surface area contributed by atoms with E-state index >= 15 is 0 Å². The van der Waals surface area contributed by atoms with Crippen molar-refractivity contribution in [3.63, 3.8) is 0 Å². The fourth-order valence-corrected chi connectivity index (χ4v) is 2.35. The molecule has 2 N–H and O–H groups in total. The Morgan fingerprint density at radius 1 is 1.46 bits per heavy atom. The SMILES string of the molecule is CCCC(N)C1CCCC(OC)C1. The third-order valence-corrected chi connectivity index (χ3v) is 3.23. The molecule has 3 atom stereocenters. The first-order chi connectivity index (χ1) is 6.27. The van der Waals surface area contributed by atoms with Gasteiger partial charge in [-0.05, 0) is 31.6 Å². The van der Waals surface area contributed by atoms with Gasteiger partial charge >= 0.3 is 0 Å². The van der Waals surface area contributed by atoms with Crippen LogP contribution in [0.25, 0.3) is 0 Å². The highest BCUT2D eigenvalue weighted by Gasteiger charge is 2.25. The van der Waals surface area contributed by atoms with E-state index in [0.717, 1.165) is 0 Å². The number of nitrogens with two attached hydrogens (primary N) is 1. The summed E-state index contributed by atoms with van der Waals surface area (Å²) in [5.41, 5.74) is 6.12. The summed E-state index contributed by atoms with van der Waals surface area (Å²) in [4.78, 5) is 0. The first kappa shape index (κ1) is 11.0. The zero-order valence-corrected chi connectivity index (χ0v) is 8.96. The van der Waals surface area contributed by atoms with Crippen LogP contribution in [0, 0.1) is 5.92 Å². The van der Waals surface area contributed by atoms with Crippen molar-refractivity contribution in [2.45, 2.75) is 57.6 Å². The van der Waals surface area contributed by atoms with Crippen molar-refractivity contribution in [1.29, 1.82) is 0 Å². The Morgan fingerprint density at radius 2 is 2.23 bits per heavy atom. The molecule has 0 amide bonds. The molecule has 78 valence electrons. The summed E-state index contributed by atoms with van der Waals surface area (Å²) < 4.78 is 5.39. The van der Waals surface area contributed by atoms with Gasteiger partial charge in [0.15, 0.2) is 0 Å². The van der Waals surface area contributed by atoms with E-state index < -0.39 is 0 Å². The van der Waals surface area contributed by atoms with Gasteiger partial charge in [0.1, 0.15) is 0 Å². The average Bonchev–Trinajstić information content (AvgIpc) is 2.18. The molecule has 0 aromatic carbocycles. The van der Waals surface area contributed by atoms with Crippen LogP contribution in [-0.2, 0) is 4.74 Å². The minimum Gasteiger partial charge on any atom is -0.381 e. The van der Waals surface area contributed by atoms with E-state index in [0.29, 0.717) is 18.1 Å². The Hall–Kier alpha value is -0.0800. The van der Waals surface area contributed by atoms with Gasteiger partial charge in [-0.1, -0.05) is 19.8 Å². The fraction of sp³-hybridized carbons (Fsp3) is 1.00. The number of ether oxygens (including phenoxy) is 1. The highest BCUT2D eigenvalue weighted by Crippen LogP contribution is 2.28. The van der Waals surface area contributed by atoms with Crippen LogP contribution in [0.3, 0.4) is 0 Å². The molecule has 0 aromatic heterocycles. The first-order valence-corrected chi connectivity index (χ1v) is 5.56. The fourth-order valence-electron chi connectivity index (χ4n) is 2.35. The van der Waals surface area contributed by atoms with Crippen LogP contribution in [0.15, 0.2) is 0 Å². The summed E-state index contributed by atoms with van der Waals surface area (Å²) in [7, 11) is 1.82. The van der Waals surface area contributed by atoms with Crippen molar-refractivity contribution < 1.29 is 4.74 Å². The quantitative estimate of drug-likeness (QED) is 0.729. The van der Waals surface area contributed by atoms with E-state index in [2.05, 4.69) is 6.92 Å². The molecule has 3 unspecified atom stereocenters. The minimum absolute atomic E-state index is 0.406. The van der Waals surface area contributed by atoms with Crippen molar-refractivity contribution in [1.82, 2.24) is 0 Å². The normalized spacial score (nSPS) is 31.6. The van der Waals surface area contributed by atoms with Gasteiger partial charge in [-0.15, -0.1) is 0 Å². The summed E-state index contributed by atoms with van der Waals surface area (Å²) >= 11 is 0. The summed E-state index contributed by atoms with van der Waals surface area (Å²) in [6.07, 6.45) is 7.85. The number of rotatable bonds is 4. The lowest BCUT2D eigenvalue weighted by Gasteiger charge is -2.32. The molecule has 0 bridgehead atoms. The summed E-state index contributed by atoms with van der Waals surface area (Å²) in [6, 6.07) is 0.406. The average molecular weight is 185 g/mol. The van der Waals surface area contributed by atoms with E-state index in [1.807, 2.05) is 7.11 Å². The molecule has 0 spiro atoms. The second-order valence-corrected chi connectivity index (χ2v) is 4.24. The van der Waals surface area contributed by atoms with Crippen molar-refractivity contribution >= 4 is 0 Å². The van der Waals surface area contributed by atoms with Crippen LogP contribution in [0.5, 0.6) is 0 Å². The topological polar surface area (TPSA) is 35.2 Å². The van der Waals surface area contributed by atoms with Crippen molar-refractivity contribution in [3.8, 4) is 0 Å². The number of hydrogen-bond donors (Lipinski definition) is 1. The summed E-state index contributed by atoms with van der Waals surface area (Å²) in [5.74, 6) is 0.707. The summed E-state index contributed by atoms with van der Waals surface area (Å²) in [5, 5.41) is 0. The lowest BCUT2D eigenvalue weighted by Crippen LogP contribution is -2.35. The molecule has 0 aromatic rings. The molecule has 0 heterocycles. The molecule has 0 saturated heterocycles. The van der Waals surface area contributed by atoms with Gasteiger partial charge in [0.25, 0.3) is 0 Å². The first-order valence-electron chi connectivity index (χ1n) is 5.56. The predicted octanol–water partition coefficient (Wildman–Crippen LogP) is 2.32. The van der Waals surface area contributed by atoms with Crippen LogP contribution in [0.1, 0.15) is 45.4 Å². The Balaban J connectivity index is 2.32. The van der Waals surface area contributed by atoms with E-state index in [1.54, 1.807) is 0 Å². The lowest BCUT2D eigenvalue weighted by molar-refractivity contribution is 0.0446. The van der Waals surface area contributed by atoms with Crippen LogP contribution < -0.4 is 5.73 Å². The third-order valence-electron chi connectivity index (χ3n) is 3.23. The van der Waals surface area contributed by atoms with Crippen molar-refractivity contribution in [2.24, 2.45) is 11.7 Å². The molecule has 1 saturated carbocycles. The van der Waals surface area contributed by atoms with Gasteiger partial charge in [-0.25, -0.2) is 0 Å². The monoisotopic (exact) mass is 185 g/mol. The largest absolute Gasteiger partial charge is 0.381 e. The molecular formula is C11H23NO. The van der Waals surface area contributed by atoms with Crippen LogP contribution in [-0.4, -0.2) is 19.3 Å². The Kier molecular flexibility index (Phi) is 4.74. The maximum Gasteiger partial charge on any atom is 0.0574 e. The molecule has 1 rings (SSSR count).